The number of amides is 1. The third kappa shape index (κ3) is 2.99. The first-order valence-corrected chi connectivity index (χ1v) is 7.81. The van der Waals surface area contributed by atoms with Crippen LogP contribution >= 0.6 is 0 Å². The molecule has 1 amide bonds. The predicted octanol–water partition coefficient (Wildman–Crippen LogP) is 3.13. The molecule has 0 unspecified atom stereocenters. The van der Waals surface area contributed by atoms with Gasteiger partial charge in [-0.25, -0.2) is 0 Å². The maximum absolute atomic E-state index is 12.8. The lowest BCUT2D eigenvalue weighted by molar-refractivity contribution is -0.147. The lowest BCUT2D eigenvalue weighted by Gasteiger charge is -2.20. The summed E-state index contributed by atoms with van der Waals surface area (Å²) in [6.45, 7) is 2.15. The van der Waals surface area contributed by atoms with E-state index in [0.29, 0.717) is 24.9 Å². The summed E-state index contributed by atoms with van der Waals surface area (Å²) in [5.41, 5.74) is -1.13. The van der Waals surface area contributed by atoms with E-state index in [-0.39, 0.29) is 24.3 Å². The SMILES string of the molecule is C[C@]1(C(=O)O)CCN(C(=O)[C@H]2C[C@H]2c2cccc(C(F)(F)F)c2)C1. The van der Waals surface area contributed by atoms with Gasteiger partial charge in [-0.2, -0.15) is 13.2 Å². The van der Waals surface area contributed by atoms with Crippen molar-refractivity contribution >= 4 is 11.9 Å². The molecule has 2 aliphatic rings. The molecule has 1 saturated carbocycles. The molecule has 2 fully saturated rings. The van der Waals surface area contributed by atoms with Gasteiger partial charge in [-0.05, 0) is 37.3 Å². The number of nitrogens with zero attached hydrogens (tertiary/aromatic N) is 1. The Kier molecular flexibility index (Phi) is 3.85. The minimum atomic E-state index is -4.40. The van der Waals surface area contributed by atoms with Crippen LogP contribution in [0.15, 0.2) is 24.3 Å². The van der Waals surface area contributed by atoms with Crippen LogP contribution in [0.5, 0.6) is 0 Å². The van der Waals surface area contributed by atoms with Gasteiger partial charge in [0.2, 0.25) is 5.91 Å². The van der Waals surface area contributed by atoms with E-state index in [4.69, 9.17) is 0 Å². The Labute approximate surface area is 137 Å². The molecule has 24 heavy (non-hydrogen) atoms. The summed E-state index contributed by atoms with van der Waals surface area (Å²) in [6, 6.07) is 5.08. The molecule has 0 aromatic heterocycles. The highest BCUT2D eigenvalue weighted by molar-refractivity contribution is 5.85. The van der Waals surface area contributed by atoms with Crippen molar-refractivity contribution in [2.24, 2.45) is 11.3 Å². The summed E-state index contributed by atoms with van der Waals surface area (Å²) in [6.07, 6.45) is -3.49. The fourth-order valence-corrected chi connectivity index (χ4v) is 3.34. The van der Waals surface area contributed by atoms with E-state index in [2.05, 4.69) is 0 Å². The minimum Gasteiger partial charge on any atom is -0.481 e. The van der Waals surface area contributed by atoms with Crippen LogP contribution in [0.4, 0.5) is 13.2 Å². The van der Waals surface area contributed by atoms with Gasteiger partial charge >= 0.3 is 12.1 Å². The van der Waals surface area contributed by atoms with Crippen molar-refractivity contribution in [1.82, 2.24) is 4.90 Å². The molecular formula is C17H18F3NO3. The van der Waals surface area contributed by atoms with Crippen molar-refractivity contribution in [2.75, 3.05) is 13.1 Å². The molecule has 3 atom stereocenters. The molecule has 130 valence electrons. The monoisotopic (exact) mass is 341 g/mol. The Morgan fingerprint density at radius 2 is 2.04 bits per heavy atom. The molecule has 7 heteroatoms. The Hall–Kier alpha value is -2.05. The first-order chi connectivity index (χ1) is 11.1. The summed E-state index contributed by atoms with van der Waals surface area (Å²) in [5.74, 6) is -1.63. The van der Waals surface area contributed by atoms with Gasteiger partial charge in [0.1, 0.15) is 0 Å². The van der Waals surface area contributed by atoms with Crippen LogP contribution in [0.2, 0.25) is 0 Å². The summed E-state index contributed by atoms with van der Waals surface area (Å²) in [7, 11) is 0. The second-order valence-corrected chi connectivity index (χ2v) is 6.95. The number of halogens is 3. The first kappa shape index (κ1) is 16.8. The zero-order valence-corrected chi connectivity index (χ0v) is 13.1. The number of aliphatic carboxylic acids is 1. The van der Waals surface area contributed by atoms with E-state index < -0.39 is 23.1 Å². The first-order valence-electron chi connectivity index (χ1n) is 7.81. The van der Waals surface area contributed by atoms with Crippen molar-refractivity contribution < 1.29 is 27.9 Å². The Bertz CT molecular complexity index is 688. The Balaban J connectivity index is 1.68. The largest absolute Gasteiger partial charge is 0.481 e. The summed E-state index contributed by atoms with van der Waals surface area (Å²) >= 11 is 0. The van der Waals surface area contributed by atoms with Crippen LogP contribution in [0.3, 0.4) is 0 Å². The fourth-order valence-electron chi connectivity index (χ4n) is 3.34. The summed E-state index contributed by atoms with van der Waals surface area (Å²) < 4.78 is 38.4. The lowest BCUT2D eigenvalue weighted by atomic mass is 9.90. The third-order valence-electron chi connectivity index (χ3n) is 5.05. The molecule has 3 rings (SSSR count). The second kappa shape index (κ2) is 5.50. The van der Waals surface area contributed by atoms with Crippen LogP contribution in [-0.2, 0) is 15.8 Å². The van der Waals surface area contributed by atoms with E-state index in [9.17, 15) is 27.9 Å². The maximum atomic E-state index is 12.8. The number of carboxylic acid groups (broad SMARTS) is 1. The molecule has 1 aliphatic heterocycles. The number of carbonyl (C=O) groups excluding carboxylic acids is 1. The average Bonchev–Trinajstić information content (AvgIpc) is 3.21. The smallest absolute Gasteiger partial charge is 0.416 e. The van der Waals surface area contributed by atoms with Crippen molar-refractivity contribution in [1.29, 1.82) is 0 Å². The highest BCUT2D eigenvalue weighted by atomic mass is 19.4. The number of hydrogen-bond donors (Lipinski definition) is 1. The molecule has 4 nitrogen and oxygen atoms in total. The molecule has 1 aliphatic carbocycles. The fraction of sp³-hybridized carbons (Fsp3) is 0.529. The molecule has 1 aromatic carbocycles. The van der Waals surface area contributed by atoms with Gasteiger partial charge in [-0.15, -0.1) is 0 Å². The molecule has 0 spiro atoms. The summed E-state index contributed by atoms with van der Waals surface area (Å²) in [4.78, 5) is 25.3. The van der Waals surface area contributed by atoms with Gasteiger partial charge in [0.15, 0.2) is 0 Å². The Morgan fingerprint density at radius 1 is 1.33 bits per heavy atom. The van der Waals surface area contributed by atoms with Gasteiger partial charge < -0.3 is 10.0 Å². The van der Waals surface area contributed by atoms with Crippen molar-refractivity contribution in [3.63, 3.8) is 0 Å². The van der Waals surface area contributed by atoms with E-state index in [1.165, 1.54) is 11.0 Å². The predicted molar refractivity (Wildman–Crippen MR) is 79.2 cm³/mol. The van der Waals surface area contributed by atoms with Crippen molar-refractivity contribution in [2.45, 2.75) is 31.9 Å². The second-order valence-electron chi connectivity index (χ2n) is 6.95. The van der Waals surface area contributed by atoms with E-state index in [1.807, 2.05) is 0 Å². The number of carbonyl (C=O) groups is 2. The van der Waals surface area contributed by atoms with Crippen molar-refractivity contribution in [3.8, 4) is 0 Å². The van der Waals surface area contributed by atoms with Crippen LogP contribution in [0.25, 0.3) is 0 Å². The van der Waals surface area contributed by atoms with Gasteiger partial charge in [0.05, 0.1) is 11.0 Å². The number of hydrogen-bond acceptors (Lipinski definition) is 2. The van der Waals surface area contributed by atoms with E-state index in [0.717, 1.165) is 12.1 Å². The third-order valence-corrected chi connectivity index (χ3v) is 5.05. The average molecular weight is 341 g/mol. The number of rotatable bonds is 3. The van der Waals surface area contributed by atoms with Crippen molar-refractivity contribution in [3.05, 3.63) is 35.4 Å². The highest BCUT2D eigenvalue weighted by Crippen LogP contribution is 2.50. The van der Waals surface area contributed by atoms with Crippen LogP contribution in [-0.4, -0.2) is 35.0 Å². The molecule has 0 radical (unpaired) electrons. The van der Waals surface area contributed by atoms with Crippen LogP contribution in [0.1, 0.15) is 36.8 Å². The van der Waals surface area contributed by atoms with Crippen LogP contribution < -0.4 is 0 Å². The van der Waals surface area contributed by atoms with Gasteiger partial charge in [0, 0.05) is 19.0 Å². The topological polar surface area (TPSA) is 57.6 Å². The highest BCUT2D eigenvalue weighted by Gasteiger charge is 2.50. The number of carboxylic acids is 1. The molecule has 1 heterocycles. The minimum absolute atomic E-state index is 0.151. The number of alkyl halides is 3. The number of likely N-dealkylation sites (tertiary alicyclic amines) is 1. The molecule has 1 saturated heterocycles. The van der Waals surface area contributed by atoms with Gasteiger partial charge in [-0.1, -0.05) is 18.2 Å². The normalized spacial score (nSPS) is 29.6. The summed E-state index contributed by atoms with van der Waals surface area (Å²) in [5, 5.41) is 9.22. The molecule has 0 bridgehead atoms. The van der Waals surface area contributed by atoms with E-state index in [1.54, 1.807) is 13.0 Å². The van der Waals surface area contributed by atoms with Crippen LogP contribution in [0, 0.1) is 11.3 Å². The quantitative estimate of drug-likeness (QED) is 0.919. The Morgan fingerprint density at radius 3 is 2.62 bits per heavy atom. The van der Waals surface area contributed by atoms with E-state index >= 15 is 0 Å². The van der Waals surface area contributed by atoms with Gasteiger partial charge in [0.25, 0.3) is 0 Å². The molecular weight excluding hydrogens is 323 g/mol. The number of benzene rings is 1. The zero-order chi connectivity index (χ0) is 17.7. The lowest BCUT2D eigenvalue weighted by Crippen LogP contribution is -2.35. The molecule has 1 aromatic rings. The zero-order valence-electron chi connectivity index (χ0n) is 13.1. The maximum Gasteiger partial charge on any atom is 0.416 e. The molecule has 1 N–H and O–H groups in total. The standard InChI is InChI=1S/C17H18F3NO3/c1-16(15(23)24)5-6-21(9-16)14(22)13-8-12(13)10-3-2-4-11(7-10)17(18,19)20/h2-4,7,12-13H,5-6,8-9H2,1H3,(H,23,24)/t12-,13-,16-/m0/s1. The van der Waals surface area contributed by atoms with Gasteiger partial charge in [-0.3, -0.25) is 9.59 Å².